The van der Waals surface area contributed by atoms with E-state index in [4.69, 9.17) is 15.2 Å². The third-order valence-corrected chi connectivity index (χ3v) is 7.58. The molecule has 3 heterocycles. The van der Waals surface area contributed by atoms with Crippen molar-refractivity contribution in [2.24, 2.45) is 0 Å². The van der Waals surface area contributed by atoms with Gasteiger partial charge in [0, 0.05) is 4.90 Å². The number of nitrogen functional groups attached to an aromatic ring is 1. The zero-order chi connectivity index (χ0) is 20.7. The van der Waals surface area contributed by atoms with Crippen LogP contribution in [-0.2, 0) is 9.61 Å². The number of aliphatic hydroxyl groups is 1. The number of hydrogen-bond donors (Lipinski definition) is 2. The van der Waals surface area contributed by atoms with Crippen molar-refractivity contribution in [3.05, 3.63) is 36.7 Å². The number of fused-ring (bicyclic) bond motifs is 1. The molecule has 30 heavy (non-hydrogen) atoms. The Hall–Kier alpha value is -2.36. The molecule has 2 fully saturated rings. The molecule has 0 unspecified atom stereocenters. The summed E-state index contributed by atoms with van der Waals surface area (Å²) in [6, 6.07) is 10.2. The number of ether oxygens (including phenoxy) is 2. The Morgan fingerprint density at radius 3 is 2.70 bits per heavy atom. The van der Waals surface area contributed by atoms with E-state index < -0.39 is 11.0 Å². The van der Waals surface area contributed by atoms with Crippen molar-refractivity contribution < 1.29 is 14.6 Å². The number of anilines is 1. The van der Waals surface area contributed by atoms with Crippen LogP contribution >= 0.6 is 11.8 Å². The number of nitrogens with two attached hydrogens (primary N) is 1. The second-order valence-electron chi connectivity index (χ2n) is 7.86. The lowest BCUT2D eigenvalue weighted by Gasteiger charge is -2.35. The first kappa shape index (κ1) is 19.6. The molecular formula is C21H25N5O3S. The third-order valence-electron chi connectivity index (χ3n) is 5.94. The summed E-state index contributed by atoms with van der Waals surface area (Å²) >= 11 is 1.54. The summed E-state index contributed by atoms with van der Waals surface area (Å²) < 4.78 is 13.8. The minimum Gasteiger partial charge on any atom is -0.460 e. The molecule has 0 amide bonds. The molecule has 3 aromatic rings. The van der Waals surface area contributed by atoms with Gasteiger partial charge in [-0.2, -0.15) is 9.97 Å². The lowest BCUT2D eigenvalue weighted by Crippen LogP contribution is -2.45. The van der Waals surface area contributed by atoms with Crippen LogP contribution < -0.4 is 10.5 Å². The average Bonchev–Trinajstić information content (AvgIpc) is 3.46. The van der Waals surface area contributed by atoms with E-state index >= 15 is 0 Å². The fourth-order valence-corrected chi connectivity index (χ4v) is 5.68. The van der Waals surface area contributed by atoms with Crippen molar-refractivity contribution in [1.29, 1.82) is 0 Å². The first-order valence-electron chi connectivity index (χ1n) is 10.3. The van der Waals surface area contributed by atoms with Gasteiger partial charge in [0.15, 0.2) is 21.9 Å². The Labute approximate surface area is 178 Å². The van der Waals surface area contributed by atoms with Crippen molar-refractivity contribution in [3.8, 4) is 6.01 Å². The summed E-state index contributed by atoms with van der Waals surface area (Å²) in [5.41, 5.74) is 7.23. The van der Waals surface area contributed by atoms with Crippen molar-refractivity contribution >= 4 is 28.7 Å². The molecule has 1 saturated heterocycles. The Morgan fingerprint density at radius 2 is 2.00 bits per heavy atom. The fraction of sp³-hybridized carbons (Fsp3) is 0.476. The van der Waals surface area contributed by atoms with Crippen LogP contribution in [0.4, 0.5) is 5.82 Å². The van der Waals surface area contributed by atoms with Crippen LogP contribution in [0.25, 0.3) is 11.2 Å². The van der Waals surface area contributed by atoms with E-state index in [-0.39, 0.29) is 30.6 Å². The van der Waals surface area contributed by atoms with Crippen molar-refractivity contribution in [2.45, 2.75) is 60.7 Å². The van der Waals surface area contributed by atoms with Crippen LogP contribution in [0.5, 0.6) is 6.01 Å². The number of nitrogens with zero attached hydrogens (tertiary/aromatic N) is 4. The van der Waals surface area contributed by atoms with Gasteiger partial charge < -0.3 is 20.3 Å². The fourth-order valence-electron chi connectivity index (χ4n) is 4.34. The van der Waals surface area contributed by atoms with Gasteiger partial charge in [-0.15, -0.1) is 0 Å². The molecule has 2 aliphatic rings. The Bertz CT molecular complexity index is 1030. The molecule has 158 valence electrons. The molecule has 3 atom stereocenters. The Balaban J connectivity index is 1.62. The monoisotopic (exact) mass is 427 g/mol. The number of aromatic nitrogens is 4. The van der Waals surface area contributed by atoms with Gasteiger partial charge in [-0.25, -0.2) is 4.98 Å². The van der Waals surface area contributed by atoms with Gasteiger partial charge in [-0.05, 0) is 44.7 Å². The van der Waals surface area contributed by atoms with E-state index in [1.807, 2.05) is 41.8 Å². The van der Waals surface area contributed by atoms with E-state index in [0.29, 0.717) is 11.2 Å². The summed E-state index contributed by atoms with van der Waals surface area (Å²) in [6.45, 7) is 2.19. The second kappa shape index (κ2) is 7.72. The first-order chi connectivity index (χ1) is 14.6. The van der Waals surface area contributed by atoms with Gasteiger partial charge in [0.25, 0.3) is 0 Å². The summed E-state index contributed by atoms with van der Waals surface area (Å²) in [7, 11) is 0. The van der Waals surface area contributed by atoms with E-state index in [2.05, 4.69) is 15.0 Å². The van der Waals surface area contributed by atoms with Gasteiger partial charge in [0.2, 0.25) is 0 Å². The lowest BCUT2D eigenvalue weighted by molar-refractivity contribution is 0.0956. The van der Waals surface area contributed by atoms with Gasteiger partial charge in [0.05, 0.1) is 19.0 Å². The zero-order valence-electron chi connectivity index (χ0n) is 16.8. The standard InChI is InChI=1S/C21H25N5O3S/c1-13-21(16(27)11-28-13,30-15-9-3-2-4-10-15)26-12-23-17-18(22)24-20(25-19(17)26)29-14-7-5-6-8-14/h2-4,9-10,12-14,16,27H,5-8,11H2,1H3,(H2,22,24,25)/t13-,16+,21-/m1/s1. The predicted octanol–water partition coefficient (Wildman–Crippen LogP) is 2.95. The van der Waals surface area contributed by atoms with E-state index in [0.717, 1.165) is 30.6 Å². The minimum atomic E-state index is -0.846. The number of rotatable bonds is 5. The quantitative estimate of drug-likeness (QED) is 0.640. The molecule has 2 aromatic heterocycles. The predicted molar refractivity (Wildman–Crippen MR) is 114 cm³/mol. The van der Waals surface area contributed by atoms with Gasteiger partial charge >= 0.3 is 6.01 Å². The summed E-state index contributed by atoms with van der Waals surface area (Å²) in [5, 5.41) is 11.1. The van der Waals surface area contributed by atoms with Crippen LogP contribution in [-0.4, -0.2) is 49.5 Å². The number of imidazole rings is 1. The minimum absolute atomic E-state index is 0.116. The Morgan fingerprint density at radius 1 is 1.23 bits per heavy atom. The number of hydrogen-bond acceptors (Lipinski definition) is 8. The van der Waals surface area contributed by atoms with Crippen molar-refractivity contribution in [3.63, 3.8) is 0 Å². The normalized spacial score (nSPS) is 27.1. The van der Waals surface area contributed by atoms with E-state index in [1.165, 1.54) is 11.8 Å². The van der Waals surface area contributed by atoms with E-state index in [9.17, 15) is 5.11 Å². The van der Waals surface area contributed by atoms with Crippen LogP contribution in [0.15, 0.2) is 41.6 Å². The highest BCUT2D eigenvalue weighted by atomic mass is 32.2. The van der Waals surface area contributed by atoms with E-state index in [1.54, 1.807) is 6.33 Å². The Kier molecular flexibility index (Phi) is 5.04. The maximum atomic E-state index is 11.1. The molecule has 5 rings (SSSR count). The molecule has 0 spiro atoms. The number of benzene rings is 1. The summed E-state index contributed by atoms with van der Waals surface area (Å²) in [5.74, 6) is 0.271. The molecule has 8 nitrogen and oxygen atoms in total. The maximum absolute atomic E-state index is 11.1. The highest BCUT2D eigenvalue weighted by Gasteiger charge is 2.52. The molecule has 0 bridgehead atoms. The third kappa shape index (κ3) is 3.21. The second-order valence-corrected chi connectivity index (χ2v) is 9.19. The molecule has 0 radical (unpaired) electrons. The van der Waals surface area contributed by atoms with Crippen LogP contribution in [0.1, 0.15) is 32.6 Å². The molecule has 1 aliphatic heterocycles. The van der Waals surface area contributed by atoms with Crippen LogP contribution in [0.2, 0.25) is 0 Å². The van der Waals surface area contributed by atoms with Gasteiger partial charge in [-0.3, -0.25) is 4.57 Å². The smallest absolute Gasteiger partial charge is 0.320 e. The first-order valence-corrected chi connectivity index (χ1v) is 11.1. The molecule has 1 aromatic carbocycles. The van der Waals surface area contributed by atoms with Gasteiger partial charge in [-0.1, -0.05) is 30.0 Å². The highest BCUT2D eigenvalue weighted by molar-refractivity contribution is 8.00. The molecule has 1 saturated carbocycles. The lowest BCUT2D eigenvalue weighted by atomic mass is 10.1. The van der Waals surface area contributed by atoms with Crippen molar-refractivity contribution in [1.82, 2.24) is 19.5 Å². The van der Waals surface area contributed by atoms with Gasteiger partial charge in [0.1, 0.15) is 12.2 Å². The van der Waals surface area contributed by atoms with Crippen molar-refractivity contribution in [2.75, 3.05) is 12.3 Å². The SMILES string of the molecule is C[C@H]1OC[C@H](O)[C@@]1(Sc1ccccc1)n1cnc2c(N)nc(OC3CCCC3)nc21. The largest absolute Gasteiger partial charge is 0.460 e. The zero-order valence-corrected chi connectivity index (χ0v) is 17.6. The summed E-state index contributed by atoms with van der Waals surface area (Å²) in [6.07, 6.45) is 5.03. The highest BCUT2D eigenvalue weighted by Crippen LogP contribution is 2.48. The maximum Gasteiger partial charge on any atom is 0.320 e. The topological polar surface area (TPSA) is 108 Å². The number of thioether (sulfide) groups is 1. The molecule has 3 N–H and O–H groups in total. The van der Waals surface area contributed by atoms with Crippen LogP contribution in [0.3, 0.4) is 0 Å². The van der Waals surface area contributed by atoms with Crippen LogP contribution in [0, 0.1) is 0 Å². The average molecular weight is 428 g/mol. The molecule has 1 aliphatic carbocycles. The molecular weight excluding hydrogens is 402 g/mol. The number of aliphatic hydroxyl groups excluding tert-OH is 1. The molecule has 9 heteroatoms. The summed E-state index contributed by atoms with van der Waals surface area (Å²) in [4.78, 5) is 13.6.